The summed E-state index contributed by atoms with van der Waals surface area (Å²) in [7, 11) is -4.98. The van der Waals surface area contributed by atoms with Crippen LogP contribution in [0.5, 0.6) is 0 Å². The SMILES string of the molecule is CCCCP(c1ccccc1)c1ccccc1.CCCCP(c1ccccc1)c1ccccc1.O=S(=O)(O)O. The lowest BCUT2D eigenvalue weighted by Crippen LogP contribution is -2.13. The van der Waals surface area contributed by atoms with Crippen molar-refractivity contribution in [2.24, 2.45) is 0 Å². The van der Waals surface area contributed by atoms with Crippen LogP contribution in [0, 0.1) is 0 Å². The standard InChI is InChI=1S/2C16H19P.H2O4S/c2*1-2-3-14-17(15-10-6-4-7-11-15)16-12-8-5-9-13-16;1-5(2,3)4/h2*4-13H,2-3,14H2,1H3;(H2,1,2,3,4). The molecular formula is C32H40O4P2S. The molecule has 2 N–H and O–H groups in total. The lowest BCUT2D eigenvalue weighted by molar-refractivity contribution is 0.381. The molecule has 39 heavy (non-hydrogen) atoms. The van der Waals surface area contributed by atoms with E-state index in [9.17, 15) is 0 Å². The predicted octanol–water partition coefficient (Wildman–Crippen LogP) is 7.19. The first-order valence-corrected chi connectivity index (χ1v) is 17.7. The normalized spacial score (nSPS) is 10.8. The third-order valence-electron chi connectivity index (χ3n) is 5.74. The van der Waals surface area contributed by atoms with Crippen molar-refractivity contribution in [2.75, 3.05) is 12.3 Å². The first-order valence-electron chi connectivity index (χ1n) is 13.3. The third-order valence-corrected chi connectivity index (χ3v) is 11.0. The fourth-order valence-electron chi connectivity index (χ4n) is 3.88. The molecule has 0 aliphatic carbocycles. The zero-order valence-electron chi connectivity index (χ0n) is 22.8. The number of rotatable bonds is 10. The number of benzene rings is 4. The highest BCUT2D eigenvalue weighted by Gasteiger charge is 2.13. The molecule has 7 heteroatoms. The maximum absolute atomic E-state index is 8.74. The van der Waals surface area contributed by atoms with Crippen molar-refractivity contribution in [1.29, 1.82) is 0 Å². The van der Waals surface area contributed by atoms with E-state index in [2.05, 4.69) is 135 Å². The maximum Gasteiger partial charge on any atom is 0.394 e. The van der Waals surface area contributed by atoms with E-state index in [0.29, 0.717) is 0 Å². The van der Waals surface area contributed by atoms with Crippen LogP contribution in [0.2, 0.25) is 0 Å². The van der Waals surface area contributed by atoms with Gasteiger partial charge in [0, 0.05) is 0 Å². The first-order chi connectivity index (χ1) is 18.8. The highest BCUT2D eigenvalue weighted by molar-refractivity contribution is 7.79. The summed E-state index contributed by atoms with van der Waals surface area (Å²) in [6, 6.07) is 43.8. The summed E-state index contributed by atoms with van der Waals surface area (Å²) in [5.74, 6) is 0. The van der Waals surface area contributed by atoms with E-state index < -0.39 is 10.4 Å². The second kappa shape index (κ2) is 18.8. The van der Waals surface area contributed by atoms with Gasteiger partial charge in [-0.1, -0.05) is 148 Å². The van der Waals surface area contributed by atoms with Crippen LogP contribution >= 0.6 is 15.8 Å². The number of hydrogen-bond donors (Lipinski definition) is 2. The van der Waals surface area contributed by atoms with Crippen molar-refractivity contribution in [3.8, 4) is 0 Å². The minimum atomic E-state index is -4.67. The van der Waals surface area contributed by atoms with E-state index in [1.54, 1.807) is 0 Å². The Kier molecular flexibility index (Phi) is 15.8. The van der Waals surface area contributed by atoms with Crippen molar-refractivity contribution in [1.82, 2.24) is 0 Å². The highest BCUT2D eigenvalue weighted by Crippen LogP contribution is 2.35. The molecule has 0 aliphatic rings. The van der Waals surface area contributed by atoms with Gasteiger partial charge in [-0.15, -0.1) is 0 Å². The molecule has 0 saturated heterocycles. The van der Waals surface area contributed by atoms with Crippen molar-refractivity contribution >= 4 is 47.5 Å². The van der Waals surface area contributed by atoms with Gasteiger partial charge < -0.3 is 0 Å². The molecular weight excluding hydrogens is 542 g/mol. The zero-order chi connectivity index (χ0) is 28.3. The van der Waals surface area contributed by atoms with Gasteiger partial charge in [-0.3, -0.25) is 9.11 Å². The second-order valence-corrected chi connectivity index (χ2v) is 14.4. The smallest absolute Gasteiger partial charge is 0.264 e. The van der Waals surface area contributed by atoms with Crippen molar-refractivity contribution in [2.45, 2.75) is 39.5 Å². The fourth-order valence-corrected chi connectivity index (χ4v) is 8.90. The van der Waals surface area contributed by atoms with Gasteiger partial charge in [0.05, 0.1) is 0 Å². The van der Waals surface area contributed by atoms with E-state index in [-0.39, 0.29) is 15.8 Å². The van der Waals surface area contributed by atoms with Crippen LogP contribution in [0.25, 0.3) is 0 Å². The molecule has 0 amide bonds. The van der Waals surface area contributed by atoms with Crippen LogP contribution < -0.4 is 21.2 Å². The van der Waals surface area contributed by atoms with Gasteiger partial charge >= 0.3 is 10.4 Å². The van der Waals surface area contributed by atoms with E-state index in [1.807, 2.05) is 0 Å². The van der Waals surface area contributed by atoms with E-state index >= 15 is 0 Å². The molecule has 4 rings (SSSR count). The lowest BCUT2D eigenvalue weighted by atomic mass is 10.4. The summed E-state index contributed by atoms with van der Waals surface area (Å²) in [5, 5.41) is 6.01. The Morgan fingerprint density at radius 3 is 0.872 bits per heavy atom. The van der Waals surface area contributed by atoms with Crippen LogP contribution in [0.3, 0.4) is 0 Å². The fraction of sp³-hybridized carbons (Fsp3) is 0.250. The van der Waals surface area contributed by atoms with Crippen molar-refractivity contribution in [3.05, 3.63) is 121 Å². The molecule has 4 aromatic carbocycles. The molecule has 0 bridgehead atoms. The molecule has 0 unspecified atom stereocenters. The van der Waals surface area contributed by atoms with Crippen LogP contribution in [0.1, 0.15) is 39.5 Å². The van der Waals surface area contributed by atoms with Gasteiger partial charge in [-0.2, -0.15) is 8.42 Å². The Morgan fingerprint density at radius 1 is 0.487 bits per heavy atom. The average molecular weight is 583 g/mol. The van der Waals surface area contributed by atoms with Gasteiger partial charge in [0.15, 0.2) is 0 Å². The number of unbranched alkanes of at least 4 members (excludes halogenated alkanes) is 2. The second-order valence-electron chi connectivity index (χ2n) is 8.80. The quantitative estimate of drug-likeness (QED) is 0.153. The minimum absolute atomic E-state index is 0.157. The van der Waals surface area contributed by atoms with E-state index in [0.717, 1.165) is 0 Å². The minimum Gasteiger partial charge on any atom is -0.264 e. The summed E-state index contributed by atoms with van der Waals surface area (Å²) in [4.78, 5) is 0. The molecule has 0 radical (unpaired) electrons. The molecule has 208 valence electrons. The Hall–Kier alpha value is -2.39. The lowest BCUT2D eigenvalue weighted by Gasteiger charge is -2.18. The third kappa shape index (κ3) is 14.0. The first kappa shape index (κ1) is 32.8. The zero-order valence-corrected chi connectivity index (χ0v) is 25.4. The van der Waals surface area contributed by atoms with Gasteiger partial charge in [0.25, 0.3) is 0 Å². The van der Waals surface area contributed by atoms with Gasteiger partial charge in [-0.25, -0.2) is 0 Å². The Balaban J connectivity index is 0.000000234. The summed E-state index contributed by atoms with van der Waals surface area (Å²) >= 11 is 0. The molecule has 0 fully saturated rings. The highest BCUT2D eigenvalue weighted by atomic mass is 32.3. The molecule has 4 nitrogen and oxygen atoms in total. The maximum atomic E-state index is 8.74. The molecule has 0 aliphatic heterocycles. The Morgan fingerprint density at radius 2 is 0.692 bits per heavy atom. The summed E-state index contributed by atoms with van der Waals surface area (Å²) in [6.07, 6.45) is 7.79. The molecule has 0 atom stereocenters. The monoisotopic (exact) mass is 582 g/mol. The molecule has 0 aromatic heterocycles. The summed E-state index contributed by atoms with van der Waals surface area (Å²) in [6.45, 7) is 4.53. The van der Waals surface area contributed by atoms with Crippen LogP contribution in [0.15, 0.2) is 121 Å². The molecule has 0 spiro atoms. The topological polar surface area (TPSA) is 74.6 Å². The van der Waals surface area contributed by atoms with Crippen molar-refractivity contribution < 1.29 is 17.5 Å². The van der Waals surface area contributed by atoms with Crippen LogP contribution in [-0.2, 0) is 10.4 Å². The predicted molar refractivity (Wildman–Crippen MR) is 172 cm³/mol. The van der Waals surface area contributed by atoms with Gasteiger partial charge in [0.2, 0.25) is 0 Å². The largest absolute Gasteiger partial charge is 0.394 e. The van der Waals surface area contributed by atoms with Gasteiger partial charge in [0.1, 0.15) is 0 Å². The molecule has 0 saturated carbocycles. The summed E-state index contributed by atoms with van der Waals surface area (Å²) in [5.41, 5.74) is 0. The molecule has 0 heterocycles. The van der Waals surface area contributed by atoms with E-state index in [1.165, 1.54) is 59.2 Å². The van der Waals surface area contributed by atoms with Crippen molar-refractivity contribution in [3.63, 3.8) is 0 Å². The van der Waals surface area contributed by atoms with Gasteiger partial charge in [-0.05, 0) is 62.2 Å². The van der Waals surface area contributed by atoms with E-state index in [4.69, 9.17) is 17.5 Å². The average Bonchev–Trinajstić information content (AvgIpc) is 2.95. The number of hydrogen-bond acceptors (Lipinski definition) is 2. The Labute approximate surface area is 237 Å². The van der Waals surface area contributed by atoms with Crippen LogP contribution in [0.4, 0.5) is 0 Å². The molecule has 4 aromatic rings. The summed E-state index contributed by atoms with van der Waals surface area (Å²) < 4.78 is 31.6. The van der Waals surface area contributed by atoms with Crippen LogP contribution in [-0.4, -0.2) is 29.8 Å². The Bertz CT molecular complexity index is 1080.